The van der Waals surface area contributed by atoms with E-state index < -0.39 is 10.8 Å². The summed E-state index contributed by atoms with van der Waals surface area (Å²) < 4.78 is 11.1. The highest BCUT2D eigenvalue weighted by Gasteiger charge is 2.25. The van der Waals surface area contributed by atoms with Crippen LogP contribution in [0, 0.1) is 10.1 Å². The zero-order valence-corrected chi connectivity index (χ0v) is 18.0. The maximum absolute atomic E-state index is 12.9. The standard InChI is InChI=1S/C19H14ClN9O5/c1-33-11-5-2-4-10(8-11)16-15(23-27-28(16)18-17(21)25-34-26-18)19(30)24-22-9-12-13(20)6-3-7-14(12)29(31)32/h2-9H,1H3,(H2,21,25)(H,24,30). The third kappa shape index (κ3) is 4.24. The Kier molecular flexibility index (Phi) is 6.13. The van der Waals surface area contributed by atoms with Crippen LogP contribution in [0.3, 0.4) is 0 Å². The molecule has 0 aliphatic rings. The number of hydrazone groups is 1. The Morgan fingerprint density at radius 3 is 2.82 bits per heavy atom. The first-order valence-electron chi connectivity index (χ1n) is 9.35. The lowest BCUT2D eigenvalue weighted by Gasteiger charge is -2.07. The van der Waals surface area contributed by atoms with Crippen LogP contribution in [0.15, 0.2) is 52.2 Å². The summed E-state index contributed by atoms with van der Waals surface area (Å²) in [5.74, 6) is -0.332. The third-order valence-corrected chi connectivity index (χ3v) is 4.84. The van der Waals surface area contributed by atoms with E-state index in [0.717, 1.165) is 6.21 Å². The summed E-state index contributed by atoms with van der Waals surface area (Å²) in [4.78, 5) is 23.5. The lowest BCUT2D eigenvalue weighted by atomic mass is 10.1. The highest BCUT2D eigenvalue weighted by Crippen LogP contribution is 2.29. The number of anilines is 1. The number of nitro groups is 1. The minimum atomic E-state index is -0.773. The Hall–Kier alpha value is -4.85. The fourth-order valence-electron chi connectivity index (χ4n) is 2.97. The number of carbonyl (C=O) groups excluding carboxylic acids is 1. The monoisotopic (exact) mass is 483 g/mol. The molecule has 2 aromatic heterocycles. The number of benzene rings is 2. The van der Waals surface area contributed by atoms with Crippen LogP contribution in [0.4, 0.5) is 11.5 Å². The number of methoxy groups -OCH3 is 1. The molecule has 0 aliphatic carbocycles. The van der Waals surface area contributed by atoms with Gasteiger partial charge in [0.1, 0.15) is 11.4 Å². The van der Waals surface area contributed by atoms with E-state index in [0.29, 0.717) is 11.3 Å². The molecule has 0 radical (unpaired) electrons. The first-order chi connectivity index (χ1) is 16.4. The number of hydrogen-bond acceptors (Lipinski definition) is 11. The van der Waals surface area contributed by atoms with Gasteiger partial charge in [-0.3, -0.25) is 14.9 Å². The van der Waals surface area contributed by atoms with Gasteiger partial charge in [-0.15, -0.1) is 5.10 Å². The highest BCUT2D eigenvalue weighted by molar-refractivity contribution is 6.33. The molecule has 0 aliphatic heterocycles. The first-order valence-corrected chi connectivity index (χ1v) is 9.73. The summed E-state index contributed by atoms with van der Waals surface area (Å²) in [6.07, 6.45) is 1.06. The van der Waals surface area contributed by atoms with Gasteiger partial charge < -0.3 is 10.5 Å². The number of aromatic nitrogens is 5. The maximum Gasteiger partial charge on any atom is 0.294 e. The van der Waals surface area contributed by atoms with Crippen LogP contribution in [0.25, 0.3) is 17.1 Å². The maximum atomic E-state index is 12.9. The molecular weight excluding hydrogens is 470 g/mol. The zero-order chi connectivity index (χ0) is 24.2. The van der Waals surface area contributed by atoms with Crippen LogP contribution >= 0.6 is 11.6 Å². The number of ether oxygens (including phenoxy) is 1. The summed E-state index contributed by atoms with van der Waals surface area (Å²) >= 11 is 6.04. The predicted octanol–water partition coefficient (Wildman–Crippen LogP) is 2.23. The molecule has 0 spiro atoms. The van der Waals surface area contributed by atoms with Gasteiger partial charge in [0.25, 0.3) is 11.6 Å². The summed E-state index contributed by atoms with van der Waals surface area (Å²) in [5, 5.41) is 30.2. The quantitative estimate of drug-likeness (QED) is 0.224. The van der Waals surface area contributed by atoms with E-state index in [1.54, 1.807) is 24.3 Å². The lowest BCUT2D eigenvalue weighted by Crippen LogP contribution is -2.19. The topological polar surface area (TPSA) is 189 Å². The second-order valence-corrected chi connectivity index (χ2v) is 6.94. The summed E-state index contributed by atoms with van der Waals surface area (Å²) in [6.45, 7) is 0. The molecule has 0 saturated heterocycles. The molecule has 172 valence electrons. The van der Waals surface area contributed by atoms with Gasteiger partial charge in [0.05, 0.1) is 28.8 Å². The third-order valence-electron chi connectivity index (χ3n) is 4.51. The van der Waals surface area contributed by atoms with E-state index >= 15 is 0 Å². The molecule has 3 N–H and O–H groups in total. The molecule has 0 saturated carbocycles. The Labute approximate surface area is 195 Å². The van der Waals surface area contributed by atoms with Crippen LogP contribution < -0.4 is 15.9 Å². The van der Waals surface area contributed by atoms with Crippen molar-refractivity contribution in [3.63, 3.8) is 0 Å². The van der Waals surface area contributed by atoms with Gasteiger partial charge in [-0.1, -0.05) is 35.0 Å². The van der Waals surface area contributed by atoms with Crippen molar-refractivity contribution >= 4 is 35.2 Å². The molecular formula is C19H14ClN9O5. The van der Waals surface area contributed by atoms with Crippen LogP contribution in [0.2, 0.25) is 5.02 Å². The van der Waals surface area contributed by atoms with Gasteiger partial charge in [-0.25, -0.2) is 10.1 Å². The second-order valence-electron chi connectivity index (χ2n) is 6.53. The van der Waals surface area contributed by atoms with Crippen LogP contribution in [0.1, 0.15) is 16.1 Å². The molecule has 0 atom stereocenters. The van der Waals surface area contributed by atoms with Crippen molar-refractivity contribution < 1.29 is 19.1 Å². The molecule has 0 bridgehead atoms. The van der Waals surface area contributed by atoms with Gasteiger partial charge in [-0.2, -0.15) is 9.78 Å². The van der Waals surface area contributed by atoms with Gasteiger partial charge in [0.15, 0.2) is 5.69 Å². The summed E-state index contributed by atoms with van der Waals surface area (Å²) in [6, 6.07) is 10.9. The molecule has 0 fully saturated rings. The van der Waals surface area contributed by atoms with Crippen molar-refractivity contribution in [1.82, 2.24) is 30.7 Å². The van der Waals surface area contributed by atoms with E-state index in [-0.39, 0.29) is 39.3 Å². The van der Waals surface area contributed by atoms with Gasteiger partial charge in [0.2, 0.25) is 11.6 Å². The van der Waals surface area contributed by atoms with Crippen molar-refractivity contribution in [3.8, 4) is 22.8 Å². The van der Waals surface area contributed by atoms with E-state index in [2.05, 4.69) is 35.8 Å². The molecule has 2 heterocycles. The van der Waals surface area contributed by atoms with Gasteiger partial charge >= 0.3 is 0 Å². The number of carbonyl (C=O) groups is 1. The smallest absolute Gasteiger partial charge is 0.294 e. The largest absolute Gasteiger partial charge is 0.497 e. The van der Waals surface area contributed by atoms with Crippen molar-refractivity contribution in [2.75, 3.05) is 12.8 Å². The van der Waals surface area contributed by atoms with E-state index in [4.69, 9.17) is 22.1 Å². The number of halogens is 1. The van der Waals surface area contributed by atoms with Crippen LogP contribution in [-0.4, -0.2) is 49.5 Å². The zero-order valence-electron chi connectivity index (χ0n) is 17.2. The Morgan fingerprint density at radius 2 is 2.12 bits per heavy atom. The van der Waals surface area contributed by atoms with Crippen LogP contribution in [-0.2, 0) is 0 Å². The SMILES string of the molecule is COc1cccc(-c2c(C(=O)NN=Cc3c(Cl)cccc3[N+](=O)[O-])nnn2-c2nonc2N)c1. The molecule has 4 rings (SSSR count). The molecule has 2 aromatic carbocycles. The number of amides is 1. The number of nitrogen functional groups attached to an aromatic ring is 1. The molecule has 0 unspecified atom stereocenters. The number of nitrogens with two attached hydrogens (primary N) is 1. The first kappa shape index (κ1) is 22.3. The molecule has 15 heteroatoms. The fourth-order valence-corrected chi connectivity index (χ4v) is 3.19. The van der Waals surface area contributed by atoms with Gasteiger partial charge in [0, 0.05) is 11.6 Å². The van der Waals surface area contributed by atoms with Crippen molar-refractivity contribution in [2.45, 2.75) is 0 Å². The van der Waals surface area contributed by atoms with Gasteiger partial charge in [-0.05, 0) is 28.5 Å². The lowest BCUT2D eigenvalue weighted by molar-refractivity contribution is -0.385. The minimum Gasteiger partial charge on any atom is -0.497 e. The van der Waals surface area contributed by atoms with Crippen molar-refractivity contribution in [1.29, 1.82) is 0 Å². The number of nitro benzene ring substituents is 1. The molecule has 14 nitrogen and oxygen atoms in total. The number of nitrogens with one attached hydrogen (secondary N) is 1. The molecule has 4 aromatic rings. The Morgan fingerprint density at radius 1 is 1.32 bits per heavy atom. The van der Waals surface area contributed by atoms with E-state index in [1.807, 2.05) is 0 Å². The van der Waals surface area contributed by atoms with Crippen LogP contribution in [0.5, 0.6) is 5.75 Å². The highest BCUT2D eigenvalue weighted by atomic mass is 35.5. The van der Waals surface area contributed by atoms with Crippen molar-refractivity contribution in [3.05, 3.63) is 68.9 Å². The average molecular weight is 484 g/mol. The number of nitrogens with zero attached hydrogens (tertiary/aromatic N) is 7. The normalized spacial score (nSPS) is 11.0. The average Bonchev–Trinajstić information content (AvgIpc) is 3.45. The fraction of sp³-hybridized carbons (Fsp3) is 0.0526. The minimum absolute atomic E-state index is 0.0135. The Balaban J connectivity index is 1.72. The number of rotatable bonds is 7. The molecule has 34 heavy (non-hydrogen) atoms. The Bertz CT molecular complexity index is 1410. The predicted molar refractivity (Wildman–Crippen MR) is 119 cm³/mol. The van der Waals surface area contributed by atoms with E-state index in [1.165, 1.54) is 30.0 Å². The molecule has 1 amide bonds. The van der Waals surface area contributed by atoms with Crippen molar-refractivity contribution in [2.24, 2.45) is 5.10 Å². The second kappa shape index (κ2) is 9.33. The van der Waals surface area contributed by atoms with E-state index in [9.17, 15) is 14.9 Å². The summed E-state index contributed by atoms with van der Waals surface area (Å²) in [7, 11) is 1.49. The number of hydrogen-bond donors (Lipinski definition) is 2. The summed E-state index contributed by atoms with van der Waals surface area (Å²) in [5.41, 5.74) is 8.33.